The fourth-order valence-electron chi connectivity index (χ4n) is 2.60. The summed E-state index contributed by atoms with van der Waals surface area (Å²) >= 11 is 1.01. The van der Waals surface area contributed by atoms with Gasteiger partial charge < -0.3 is 10.3 Å². The number of hydrogen-bond donors (Lipinski definition) is 1. The maximum absolute atomic E-state index is 12.8. The third-order valence-electron chi connectivity index (χ3n) is 4.29. The van der Waals surface area contributed by atoms with Crippen molar-refractivity contribution in [3.8, 4) is 0 Å². The van der Waals surface area contributed by atoms with Crippen molar-refractivity contribution in [2.24, 2.45) is 12.8 Å². The Morgan fingerprint density at radius 2 is 1.45 bits per heavy atom. The van der Waals surface area contributed by atoms with E-state index in [9.17, 15) is 35.9 Å². The predicted molar refractivity (Wildman–Crippen MR) is 107 cm³/mol. The van der Waals surface area contributed by atoms with Gasteiger partial charge in [-0.05, 0) is 13.8 Å². The van der Waals surface area contributed by atoms with E-state index in [1.807, 2.05) is 0 Å². The van der Waals surface area contributed by atoms with E-state index in [2.05, 4.69) is 4.98 Å². The number of fused-ring (bicyclic) bond motifs is 1. The average Bonchev–Trinajstić information content (AvgIpc) is 2.94. The van der Waals surface area contributed by atoms with Crippen LogP contribution >= 0.6 is 24.2 Å². The van der Waals surface area contributed by atoms with Crippen LogP contribution < -0.4 is 17.0 Å². The lowest BCUT2D eigenvalue weighted by atomic mass is 10.2. The van der Waals surface area contributed by atoms with E-state index in [4.69, 9.17) is 5.73 Å². The minimum atomic E-state index is -4.62. The molecule has 0 amide bonds. The van der Waals surface area contributed by atoms with Crippen molar-refractivity contribution in [3.63, 3.8) is 0 Å². The fraction of sp³-hybridized carbons (Fsp3) is 0.688. The summed E-state index contributed by atoms with van der Waals surface area (Å²) in [6.45, 7) is 1.92. The van der Waals surface area contributed by atoms with Crippen LogP contribution in [-0.4, -0.2) is 42.3 Å². The van der Waals surface area contributed by atoms with Crippen LogP contribution in [0, 0.1) is 0 Å². The molecule has 0 atom stereocenters. The summed E-state index contributed by atoms with van der Waals surface area (Å²) in [7, 11) is 1.19. The van der Waals surface area contributed by atoms with Crippen LogP contribution in [0.5, 0.6) is 0 Å². The molecular formula is C16H22ClF6N5O2S. The van der Waals surface area contributed by atoms with Crippen LogP contribution in [0.25, 0.3) is 11.2 Å². The third-order valence-corrected chi connectivity index (χ3v) is 5.51. The molecule has 2 aromatic heterocycles. The van der Waals surface area contributed by atoms with Gasteiger partial charge >= 0.3 is 18.0 Å². The van der Waals surface area contributed by atoms with Crippen molar-refractivity contribution >= 4 is 35.3 Å². The van der Waals surface area contributed by atoms with Crippen LogP contribution in [0.2, 0.25) is 0 Å². The molecule has 0 radical (unpaired) electrons. The molecule has 0 bridgehead atoms. The van der Waals surface area contributed by atoms with Crippen molar-refractivity contribution in [1.29, 1.82) is 0 Å². The highest BCUT2D eigenvalue weighted by Gasteiger charge is 2.32. The Balaban J connectivity index is 0.00000480. The van der Waals surface area contributed by atoms with E-state index in [1.54, 1.807) is 13.8 Å². The lowest BCUT2D eigenvalue weighted by Gasteiger charge is -2.21. The number of alkyl halides is 6. The topological polar surface area (TPSA) is 87.8 Å². The number of thioether (sulfide) groups is 1. The molecule has 2 aromatic rings. The van der Waals surface area contributed by atoms with Crippen molar-refractivity contribution in [1.82, 2.24) is 18.7 Å². The van der Waals surface area contributed by atoms with Gasteiger partial charge in [-0.1, -0.05) is 11.8 Å². The van der Waals surface area contributed by atoms with Crippen molar-refractivity contribution in [3.05, 3.63) is 20.8 Å². The molecule has 15 heteroatoms. The fourth-order valence-corrected chi connectivity index (χ4v) is 3.60. The van der Waals surface area contributed by atoms with Gasteiger partial charge in [-0.25, -0.2) is 9.78 Å². The van der Waals surface area contributed by atoms with Gasteiger partial charge in [-0.3, -0.25) is 13.9 Å². The smallest absolute Gasteiger partial charge is 0.329 e. The molecule has 7 nitrogen and oxygen atoms in total. The highest BCUT2D eigenvalue weighted by atomic mass is 35.5. The minimum Gasteiger partial charge on any atom is -0.329 e. The molecule has 0 aliphatic heterocycles. The Bertz CT molecular complexity index is 1040. The van der Waals surface area contributed by atoms with Gasteiger partial charge in [0.15, 0.2) is 16.3 Å². The summed E-state index contributed by atoms with van der Waals surface area (Å²) in [5.74, 6) is 0. The second kappa shape index (κ2) is 9.45. The maximum Gasteiger partial charge on any atom is 0.390 e. The first-order valence-corrected chi connectivity index (χ1v) is 9.60. The van der Waals surface area contributed by atoms with E-state index in [0.717, 1.165) is 20.9 Å². The van der Waals surface area contributed by atoms with E-state index in [1.165, 1.54) is 7.05 Å². The number of nitrogens with two attached hydrogens (primary N) is 1. The van der Waals surface area contributed by atoms with Gasteiger partial charge in [0.25, 0.3) is 5.56 Å². The largest absolute Gasteiger partial charge is 0.390 e. The van der Waals surface area contributed by atoms with Gasteiger partial charge in [-0.2, -0.15) is 26.3 Å². The second-order valence-electron chi connectivity index (χ2n) is 7.31. The lowest BCUT2D eigenvalue weighted by Crippen LogP contribution is -2.40. The molecule has 0 fully saturated rings. The third kappa shape index (κ3) is 6.65. The first-order chi connectivity index (χ1) is 13.6. The summed E-state index contributed by atoms with van der Waals surface area (Å²) in [6.07, 6.45) is -11.9. The molecule has 2 N–H and O–H groups in total. The summed E-state index contributed by atoms with van der Waals surface area (Å²) in [5, 5.41) is 0.0189. The molecule has 178 valence electrons. The number of nitrogens with zero attached hydrogens (tertiary/aromatic N) is 4. The molecule has 0 saturated heterocycles. The van der Waals surface area contributed by atoms with E-state index in [0.29, 0.717) is 4.57 Å². The zero-order valence-corrected chi connectivity index (χ0v) is 18.4. The molecule has 31 heavy (non-hydrogen) atoms. The number of imidazole rings is 1. The van der Waals surface area contributed by atoms with Crippen molar-refractivity contribution in [2.45, 2.75) is 62.0 Å². The van der Waals surface area contributed by atoms with Gasteiger partial charge in [0.2, 0.25) is 0 Å². The van der Waals surface area contributed by atoms with E-state index >= 15 is 0 Å². The number of hydrogen-bond acceptors (Lipinski definition) is 5. The Kier molecular flexibility index (Phi) is 8.34. The molecule has 0 aliphatic rings. The Morgan fingerprint density at radius 1 is 0.968 bits per heavy atom. The summed E-state index contributed by atoms with van der Waals surface area (Å²) in [5.41, 5.74) is 2.94. The Morgan fingerprint density at radius 3 is 1.90 bits per heavy atom. The molecule has 0 unspecified atom stereocenters. The monoisotopic (exact) mass is 497 g/mol. The van der Waals surface area contributed by atoms with Crippen LogP contribution in [0.4, 0.5) is 26.3 Å². The maximum atomic E-state index is 12.8. The van der Waals surface area contributed by atoms with Gasteiger partial charge in [-0.15, -0.1) is 12.4 Å². The second-order valence-corrected chi connectivity index (χ2v) is 8.99. The standard InChI is InChI=1S/C16H21F6N5O2S.ClH/c1-14(2,8-23)30-12-24-10-9(26(12)6-4-15(17,18)19)11(28)27(13(29)25(10)3)7-5-16(20,21)22;/h4-8,23H2,1-3H3;1H. The van der Waals surface area contributed by atoms with E-state index in [-0.39, 0.29) is 35.3 Å². The average molecular weight is 498 g/mol. The highest BCUT2D eigenvalue weighted by Crippen LogP contribution is 2.33. The summed E-state index contributed by atoms with van der Waals surface area (Å²) in [6, 6.07) is 0. The molecule has 0 spiro atoms. The quantitative estimate of drug-likeness (QED) is 0.469. The van der Waals surface area contributed by atoms with Crippen LogP contribution in [0.15, 0.2) is 14.7 Å². The minimum absolute atomic E-state index is 0. The van der Waals surface area contributed by atoms with Crippen LogP contribution in [-0.2, 0) is 20.1 Å². The molecule has 2 heterocycles. The Hall–Kier alpha value is -1.67. The molecule has 2 rings (SSSR count). The molecule has 0 aromatic carbocycles. The van der Waals surface area contributed by atoms with Gasteiger partial charge in [0, 0.05) is 31.4 Å². The van der Waals surface area contributed by atoms with Crippen molar-refractivity contribution in [2.75, 3.05) is 6.54 Å². The number of halogens is 7. The van der Waals surface area contributed by atoms with Crippen LogP contribution in [0.1, 0.15) is 26.7 Å². The first kappa shape index (κ1) is 27.4. The summed E-state index contributed by atoms with van der Waals surface area (Å²) in [4.78, 5) is 29.4. The normalized spacial score (nSPS) is 13.0. The number of aryl methyl sites for hydroxylation is 2. The SMILES string of the molecule is Cl.Cn1c(=O)n(CCC(F)(F)F)c(=O)c2c1nc(SC(C)(C)CN)n2CCC(F)(F)F. The molecular weight excluding hydrogens is 476 g/mol. The lowest BCUT2D eigenvalue weighted by molar-refractivity contribution is -0.138. The van der Waals surface area contributed by atoms with Gasteiger partial charge in [0.05, 0.1) is 12.8 Å². The zero-order chi connectivity index (χ0) is 23.1. The zero-order valence-electron chi connectivity index (χ0n) is 16.8. The van der Waals surface area contributed by atoms with Crippen molar-refractivity contribution < 1.29 is 26.3 Å². The van der Waals surface area contributed by atoms with Crippen LogP contribution in [0.3, 0.4) is 0 Å². The van der Waals surface area contributed by atoms with Gasteiger partial charge in [0.1, 0.15) is 0 Å². The molecule has 0 saturated carbocycles. The number of rotatable bonds is 7. The first-order valence-electron chi connectivity index (χ1n) is 8.79. The number of aromatic nitrogens is 4. The predicted octanol–water partition coefficient (Wildman–Crippen LogP) is 3.05. The molecule has 0 aliphatic carbocycles. The van der Waals surface area contributed by atoms with E-state index < -0.39 is 54.3 Å². The Labute approximate surface area is 183 Å². The summed E-state index contributed by atoms with van der Waals surface area (Å²) < 4.78 is 77.9. The highest BCUT2D eigenvalue weighted by molar-refractivity contribution is 8.00.